The van der Waals surface area contributed by atoms with E-state index >= 15 is 0 Å². The number of para-hydroxylation sites is 1. The monoisotopic (exact) mass is 407 g/mol. The Labute approximate surface area is 180 Å². The van der Waals surface area contributed by atoms with Crippen LogP contribution in [0.2, 0.25) is 0 Å². The Bertz CT molecular complexity index is 865. The molecule has 1 fully saturated rings. The second kappa shape index (κ2) is 9.33. The first-order chi connectivity index (χ1) is 14.3. The molecule has 0 saturated carbocycles. The summed E-state index contributed by atoms with van der Waals surface area (Å²) in [6.45, 7) is 12.1. The molecule has 1 saturated heterocycles. The van der Waals surface area contributed by atoms with Gasteiger partial charge in [0.05, 0.1) is 0 Å². The first-order valence-electron chi connectivity index (χ1n) is 10.8. The third-order valence-electron chi connectivity index (χ3n) is 5.69. The topological polar surface area (TPSA) is 43.9 Å². The molecule has 2 amide bonds. The Morgan fingerprint density at radius 1 is 0.900 bits per heavy atom. The van der Waals surface area contributed by atoms with Gasteiger partial charge in [-0.05, 0) is 29.5 Å². The van der Waals surface area contributed by atoms with Gasteiger partial charge in [-0.2, -0.15) is 0 Å². The summed E-state index contributed by atoms with van der Waals surface area (Å²) in [5.74, 6) is -0.804. The molecule has 0 bridgehead atoms. The lowest BCUT2D eigenvalue weighted by Crippen LogP contribution is -2.53. The van der Waals surface area contributed by atoms with E-state index in [0.29, 0.717) is 26.2 Å². The first-order valence-corrected chi connectivity index (χ1v) is 10.8. The van der Waals surface area contributed by atoms with E-state index in [1.807, 2.05) is 37.3 Å². The standard InChI is InChI=1S/C25H33N3O2/c1-5-26(19-20-11-7-6-8-12-20)23(29)24(30)28-17-15-27(16-18-28)22-14-10-9-13-21(22)25(2,3)4/h6-14H,5,15-19H2,1-4H3. The zero-order valence-electron chi connectivity index (χ0n) is 18.6. The highest BCUT2D eigenvalue weighted by Gasteiger charge is 2.30. The van der Waals surface area contributed by atoms with Crippen LogP contribution in [-0.4, -0.2) is 54.3 Å². The maximum atomic E-state index is 12.9. The van der Waals surface area contributed by atoms with Crippen molar-refractivity contribution in [1.82, 2.24) is 9.80 Å². The fourth-order valence-electron chi connectivity index (χ4n) is 3.94. The van der Waals surface area contributed by atoms with Gasteiger partial charge in [0.25, 0.3) is 0 Å². The van der Waals surface area contributed by atoms with Crippen molar-refractivity contribution in [3.63, 3.8) is 0 Å². The molecule has 1 aliphatic rings. The number of anilines is 1. The van der Waals surface area contributed by atoms with Crippen LogP contribution in [0.4, 0.5) is 5.69 Å². The number of amides is 2. The maximum Gasteiger partial charge on any atom is 0.312 e. The van der Waals surface area contributed by atoms with Crippen LogP contribution in [0.5, 0.6) is 0 Å². The van der Waals surface area contributed by atoms with Gasteiger partial charge in [0.2, 0.25) is 0 Å². The van der Waals surface area contributed by atoms with Gasteiger partial charge in [-0.1, -0.05) is 69.3 Å². The van der Waals surface area contributed by atoms with Crippen LogP contribution in [0, 0.1) is 0 Å². The molecule has 0 aromatic heterocycles. The predicted molar refractivity (Wildman–Crippen MR) is 121 cm³/mol. The van der Waals surface area contributed by atoms with E-state index in [1.165, 1.54) is 11.3 Å². The Balaban J connectivity index is 1.63. The van der Waals surface area contributed by atoms with E-state index in [-0.39, 0.29) is 5.41 Å². The predicted octanol–water partition coefficient (Wildman–Crippen LogP) is 3.68. The number of carbonyl (C=O) groups excluding carboxylic acids is 2. The molecule has 0 atom stereocenters. The van der Waals surface area contributed by atoms with Crippen molar-refractivity contribution >= 4 is 17.5 Å². The minimum Gasteiger partial charge on any atom is -0.368 e. The summed E-state index contributed by atoms with van der Waals surface area (Å²) < 4.78 is 0. The molecule has 0 aliphatic carbocycles. The number of hydrogen-bond acceptors (Lipinski definition) is 3. The van der Waals surface area contributed by atoms with E-state index < -0.39 is 11.8 Å². The highest BCUT2D eigenvalue weighted by Crippen LogP contribution is 2.32. The second-order valence-electron chi connectivity index (χ2n) is 8.85. The average Bonchev–Trinajstić information content (AvgIpc) is 2.77. The van der Waals surface area contributed by atoms with Crippen molar-refractivity contribution in [2.75, 3.05) is 37.6 Å². The summed E-state index contributed by atoms with van der Waals surface area (Å²) in [4.78, 5) is 31.4. The molecule has 5 heteroatoms. The lowest BCUT2D eigenvalue weighted by Gasteiger charge is -2.38. The smallest absolute Gasteiger partial charge is 0.312 e. The lowest BCUT2D eigenvalue weighted by molar-refractivity contribution is -0.152. The molecule has 5 nitrogen and oxygen atoms in total. The number of benzene rings is 2. The third kappa shape index (κ3) is 5.02. The molecule has 1 heterocycles. The molecule has 2 aromatic rings. The van der Waals surface area contributed by atoms with Crippen LogP contribution in [0.3, 0.4) is 0 Å². The number of nitrogens with zero attached hydrogens (tertiary/aromatic N) is 3. The fraction of sp³-hybridized carbons (Fsp3) is 0.440. The summed E-state index contributed by atoms with van der Waals surface area (Å²) in [6, 6.07) is 18.3. The van der Waals surface area contributed by atoms with E-state index in [1.54, 1.807) is 9.80 Å². The van der Waals surface area contributed by atoms with E-state index in [9.17, 15) is 9.59 Å². The molecular formula is C25H33N3O2. The summed E-state index contributed by atoms with van der Waals surface area (Å²) in [6.07, 6.45) is 0. The van der Waals surface area contributed by atoms with Gasteiger partial charge in [-0.15, -0.1) is 0 Å². The molecule has 0 N–H and O–H groups in total. The van der Waals surface area contributed by atoms with Gasteiger partial charge >= 0.3 is 11.8 Å². The van der Waals surface area contributed by atoms with Gasteiger partial charge < -0.3 is 14.7 Å². The molecule has 160 valence electrons. The van der Waals surface area contributed by atoms with Crippen molar-refractivity contribution in [2.45, 2.75) is 39.7 Å². The largest absolute Gasteiger partial charge is 0.368 e. The zero-order valence-corrected chi connectivity index (χ0v) is 18.6. The van der Waals surface area contributed by atoms with Crippen LogP contribution in [0.1, 0.15) is 38.8 Å². The molecule has 30 heavy (non-hydrogen) atoms. The van der Waals surface area contributed by atoms with Crippen molar-refractivity contribution in [1.29, 1.82) is 0 Å². The minimum absolute atomic E-state index is 0.0541. The van der Waals surface area contributed by atoms with Crippen molar-refractivity contribution in [2.24, 2.45) is 0 Å². The van der Waals surface area contributed by atoms with E-state index in [0.717, 1.165) is 18.7 Å². The van der Waals surface area contributed by atoms with Crippen molar-refractivity contribution in [3.05, 3.63) is 65.7 Å². The Kier molecular flexibility index (Phi) is 6.80. The molecule has 0 radical (unpaired) electrons. The zero-order chi connectivity index (χ0) is 21.7. The number of carbonyl (C=O) groups is 2. The van der Waals surface area contributed by atoms with Crippen LogP contribution >= 0.6 is 0 Å². The minimum atomic E-state index is -0.412. The van der Waals surface area contributed by atoms with Crippen LogP contribution in [0.15, 0.2) is 54.6 Å². The molecule has 0 unspecified atom stereocenters. The van der Waals surface area contributed by atoms with Crippen molar-refractivity contribution < 1.29 is 9.59 Å². The molecule has 2 aromatic carbocycles. The third-order valence-corrected chi connectivity index (χ3v) is 5.69. The number of likely N-dealkylation sites (N-methyl/N-ethyl adjacent to an activating group) is 1. The Hall–Kier alpha value is -2.82. The molecular weight excluding hydrogens is 374 g/mol. The van der Waals surface area contributed by atoms with Gasteiger partial charge in [-0.3, -0.25) is 9.59 Å². The van der Waals surface area contributed by atoms with Gasteiger partial charge in [0, 0.05) is 45.0 Å². The summed E-state index contributed by atoms with van der Waals surface area (Å²) in [5.41, 5.74) is 3.62. The average molecular weight is 408 g/mol. The summed E-state index contributed by atoms with van der Waals surface area (Å²) in [5, 5.41) is 0. The Morgan fingerprint density at radius 2 is 1.50 bits per heavy atom. The number of hydrogen-bond donors (Lipinski definition) is 0. The number of rotatable bonds is 4. The van der Waals surface area contributed by atoms with Crippen LogP contribution in [0.25, 0.3) is 0 Å². The summed E-state index contributed by atoms with van der Waals surface area (Å²) in [7, 11) is 0. The second-order valence-corrected chi connectivity index (χ2v) is 8.85. The van der Waals surface area contributed by atoms with Crippen LogP contribution in [-0.2, 0) is 21.5 Å². The molecule has 0 spiro atoms. The first kappa shape index (κ1) is 21.9. The van der Waals surface area contributed by atoms with E-state index in [2.05, 4.69) is 49.9 Å². The van der Waals surface area contributed by atoms with Gasteiger partial charge in [0.1, 0.15) is 0 Å². The lowest BCUT2D eigenvalue weighted by atomic mass is 9.85. The number of piperazine rings is 1. The normalized spacial score (nSPS) is 14.5. The molecule has 1 aliphatic heterocycles. The van der Waals surface area contributed by atoms with Crippen molar-refractivity contribution in [3.8, 4) is 0 Å². The maximum absolute atomic E-state index is 12.9. The quantitative estimate of drug-likeness (QED) is 0.726. The SMILES string of the molecule is CCN(Cc1ccccc1)C(=O)C(=O)N1CCN(c2ccccc2C(C)(C)C)CC1. The van der Waals surface area contributed by atoms with Gasteiger partial charge in [0.15, 0.2) is 0 Å². The van der Waals surface area contributed by atoms with E-state index in [4.69, 9.17) is 0 Å². The fourth-order valence-corrected chi connectivity index (χ4v) is 3.94. The summed E-state index contributed by atoms with van der Waals surface area (Å²) >= 11 is 0. The molecule has 3 rings (SSSR count). The highest BCUT2D eigenvalue weighted by molar-refractivity contribution is 6.34. The van der Waals surface area contributed by atoms with Gasteiger partial charge in [-0.25, -0.2) is 0 Å². The highest BCUT2D eigenvalue weighted by atomic mass is 16.2. The Morgan fingerprint density at radius 3 is 2.10 bits per heavy atom. The van der Waals surface area contributed by atoms with Crippen LogP contribution < -0.4 is 4.90 Å².